The van der Waals surface area contributed by atoms with Crippen molar-refractivity contribution >= 4 is 11.9 Å². The van der Waals surface area contributed by atoms with Gasteiger partial charge in [0, 0.05) is 17.7 Å². The summed E-state index contributed by atoms with van der Waals surface area (Å²) in [5.41, 5.74) is 1.69. The summed E-state index contributed by atoms with van der Waals surface area (Å²) in [6.07, 6.45) is 3.83. The smallest absolute Gasteiger partial charge is 0.185 e. The maximum Gasteiger partial charge on any atom is 0.185 e. The number of carbonyl (C=O) groups is 1. The zero-order chi connectivity index (χ0) is 23.7. The summed E-state index contributed by atoms with van der Waals surface area (Å²) >= 11 is 0. The third-order valence-corrected chi connectivity index (χ3v) is 6.82. The average molecular weight is 446 g/mol. The molecular weight excluding hydrogens is 422 g/mol. The number of nitrogens with zero attached hydrogens (tertiary/aromatic N) is 3. The van der Waals surface area contributed by atoms with Crippen LogP contribution in [-0.4, -0.2) is 23.3 Å². The number of benzene rings is 3. The van der Waals surface area contributed by atoms with E-state index < -0.39 is 23.4 Å². The molecule has 0 saturated carbocycles. The van der Waals surface area contributed by atoms with Crippen molar-refractivity contribution in [3.63, 3.8) is 0 Å². The highest BCUT2D eigenvalue weighted by atomic mass is 16.5. The summed E-state index contributed by atoms with van der Waals surface area (Å²) < 4.78 is 5.59. The van der Waals surface area contributed by atoms with Crippen LogP contribution in [0.2, 0.25) is 0 Å². The van der Waals surface area contributed by atoms with Gasteiger partial charge in [-0.15, -0.1) is 0 Å². The first kappa shape index (κ1) is 21.5. The average Bonchev–Trinajstić information content (AvgIpc) is 3.20. The van der Waals surface area contributed by atoms with E-state index in [-0.39, 0.29) is 5.78 Å². The fourth-order valence-corrected chi connectivity index (χ4v) is 5.38. The Bertz CT molecular complexity index is 1320. The number of ketones is 1. The molecule has 0 spiro atoms. The highest BCUT2D eigenvalue weighted by Gasteiger charge is 2.63. The van der Waals surface area contributed by atoms with Crippen molar-refractivity contribution in [3.05, 3.63) is 107 Å². The molecule has 0 amide bonds. The first-order valence-corrected chi connectivity index (χ1v) is 11.3. The second kappa shape index (κ2) is 8.54. The molecule has 3 aromatic carbocycles. The third-order valence-electron chi connectivity index (χ3n) is 6.82. The molecule has 2 aliphatic rings. The predicted octanol–water partition coefficient (Wildman–Crippen LogP) is 5.50. The molecule has 5 nitrogen and oxygen atoms in total. The minimum Gasteiger partial charge on any atom is -0.494 e. The van der Waals surface area contributed by atoms with Crippen molar-refractivity contribution in [2.24, 2.45) is 5.41 Å². The molecule has 3 aromatic rings. The highest BCUT2D eigenvalue weighted by molar-refractivity contribution is 6.01. The molecule has 34 heavy (non-hydrogen) atoms. The normalized spacial score (nSPS) is 21.6. The molecule has 1 fully saturated rings. The summed E-state index contributed by atoms with van der Waals surface area (Å²) in [7, 11) is 0. The van der Waals surface area contributed by atoms with Crippen LogP contribution in [-0.2, 0) is 0 Å². The second-order valence-corrected chi connectivity index (χ2v) is 8.54. The largest absolute Gasteiger partial charge is 0.494 e. The fourth-order valence-electron chi connectivity index (χ4n) is 5.38. The highest BCUT2D eigenvalue weighted by Crippen LogP contribution is 2.60. The molecule has 2 heterocycles. The molecule has 166 valence electrons. The van der Waals surface area contributed by atoms with Crippen molar-refractivity contribution in [3.8, 4) is 17.9 Å². The fraction of sp³-hybridized carbons (Fsp3) is 0.207. The first-order valence-electron chi connectivity index (χ1n) is 11.3. The number of fused-ring (bicyclic) bond motifs is 3. The zero-order valence-corrected chi connectivity index (χ0v) is 18.8. The SMILES string of the molecule is CCOc1ccc([C@@H]2[C@@H](C(=O)c3ccccc3)N3C=Cc4ccccc4C3C2(C#N)C#N)cc1. The van der Waals surface area contributed by atoms with Crippen molar-refractivity contribution < 1.29 is 9.53 Å². The Kier molecular flexibility index (Phi) is 5.40. The number of carbonyl (C=O) groups excluding carboxylic acids is 1. The Balaban J connectivity index is 1.73. The lowest BCUT2D eigenvalue weighted by molar-refractivity contribution is 0.0874. The van der Waals surface area contributed by atoms with Gasteiger partial charge >= 0.3 is 0 Å². The van der Waals surface area contributed by atoms with Gasteiger partial charge in [0.25, 0.3) is 0 Å². The zero-order valence-electron chi connectivity index (χ0n) is 18.8. The van der Waals surface area contributed by atoms with Gasteiger partial charge in [-0.3, -0.25) is 4.79 Å². The lowest BCUT2D eigenvalue weighted by atomic mass is 9.67. The molecule has 2 aliphatic heterocycles. The van der Waals surface area contributed by atoms with Crippen molar-refractivity contribution in [1.82, 2.24) is 4.90 Å². The second-order valence-electron chi connectivity index (χ2n) is 8.54. The molecule has 5 rings (SSSR count). The van der Waals surface area contributed by atoms with Gasteiger partial charge in [0.1, 0.15) is 11.8 Å². The van der Waals surface area contributed by atoms with Gasteiger partial charge in [-0.25, -0.2) is 0 Å². The first-order chi connectivity index (χ1) is 16.6. The molecule has 0 bridgehead atoms. The van der Waals surface area contributed by atoms with E-state index in [1.165, 1.54) is 0 Å². The molecule has 0 aromatic heterocycles. The standard InChI is InChI=1S/C29H23N3O2/c1-2-34-23-14-12-21(13-15-23)25-26(27(33)22-9-4-3-5-10-22)32-17-16-20-8-6-7-11-24(20)28(32)29(25,18-30)19-31/h3-17,25-26,28H,2H2,1H3/t25-,26+,28?/m1/s1. The van der Waals surface area contributed by atoms with Crippen LogP contribution in [0, 0.1) is 28.1 Å². The van der Waals surface area contributed by atoms with Crippen LogP contribution >= 0.6 is 0 Å². The topological polar surface area (TPSA) is 77.1 Å². The number of hydrogen-bond donors (Lipinski definition) is 0. The van der Waals surface area contributed by atoms with E-state index in [2.05, 4.69) is 12.1 Å². The van der Waals surface area contributed by atoms with Crippen molar-refractivity contribution in [2.75, 3.05) is 6.61 Å². The van der Waals surface area contributed by atoms with Gasteiger partial charge in [0.05, 0.1) is 24.8 Å². The van der Waals surface area contributed by atoms with E-state index in [0.29, 0.717) is 17.9 Å². The van der Waals surface area contributed by atoms with Crippen LogP contribution in [0.25, 0.3) is 6.08 Å². The molecule has 3 atom stereocenters. The maximum absolute atomic E-state index is 14.0. The van der Waals surface area contributed by atoms with E-state index in [0.717, 1.165) is 16.7 Å². The van der Waals surface area contributed by atoms with Crippen LogP contribution in [0.4, 0.5) is 0 Å². The van der Waals surface area contributed by atoms with Crippen LogP contribution in [0.5, 0.6) is 5.75 Å². The van der Waals surface area contributed by atoms with E-state index in [9.17, 15) is 15.3 Å². The van der Waals surface area contributed by atoms with Gasteiger partial charge in [-0.05, 0) is 41.8 Å². The lowest BCUT2D eigenvalue weighted by Crippen LogP contribution is -2.37. The van der Waals surface area contributed by atoms with Crippen LogP contribution < -0.4 is 4.74 Å². The summed E-state index contributed by atoms with van der Waals surface area (Å²) in [5, 5.41) is 21.1. The minimum atomic E-state index is -1.47. The van der Waals surface area contributed by atoms with Gasteiger partial charge < -0.3 is 9.64 Å². The number of Topliss-reactive ketones (excluding diaryl/α,β-unsaturated/α-hetero) is 1. The van der Waals surface area contributed by atoms with Crippen molar-refractivity contribution in [2.45, 2.75) is 24.9 Å². The molecule has 1 saturated heterocycles. The number of ether oxygens (including phenoxy) is 1. The molecule has 0 aliphatic carbocycles. The Hall–Kier alpha value is -4.35. The Morgan fingerprint density at radius 2 is 1.65 bits per heavy atom. The van der Waals surface area contributed by atoms with E-state index in [1.54, 1.807) is 12.1 Å². The number of hydrogen-bond acceptors (Lipinski definition) is 5. The number of rotatable bonds is 5. The van der Waals surface area contributed by atoms with Crippen LogP contribution in [0.1, 0.15) is 45.9 Å². The van der Waals surface area contributed by atoms with E-state index in [1.807, 2.05) is 90.8 Å². The van der Waals surface area contributed by atoms with Gasteiger partial charge in [-0.2, -0.15) is 10.5 Å². The quantitative estimate of drug-likeness (QED) is 0.485. The molecular formula is C29H23N3O2. The van der Waals surface area contributed by atoms with E-state index in [4.69, 9.17) is 4.74 Å². The Labute approximate surface area is 199 Å². The van der Waals surface area contributed by atoms with Gasteiger partial charge in [-0.1, -0.05) is 66.7 Å². The monoisotopic (exact) mass is 445 g/mol. The molecule has 0 radical (unpaired) electrons. The lowest BCUT2D eigenvalue weighted by Gasteiger charge is -2.34. The van der Waals surface area contributed by atoms with Crippen molar-refractivity contribution in [1.29, 1.82) is 10.5 Å². The Morgan fingerprint density at radius 1 is 0.971 bits per heavy atom. The van der Waals surface area contributed by atoms with E-state index >= 15 is 0 Å². The minimum absolute atomic E-state index is 0.110. The van der Waals surface area contributed by atoms with Gasteiger partial charge in [0.15, 0.2) is 11.2 Å². The summed E-state index contributed by atoms with van der Waals surface area (Å²) in [6.45, 7) is 2.45. The molecule has 1 unspecified atom stereocenters. The molecule has 0 N–H and O–H groups in total. The Morgan fingerprint density at radius 3 is 2.32 bits per heavy atom. The molecule has 5 heteroatoms. The van der Waals surface area contributed by atoms with Crippen LogP contribution in [0.3, 0.4) is 0 Å². The number of nitriles is 2. The summed E-state index contributed by atoms with van der Waals surface area (Å²) in [6, 6.07) is 27.7. The summed E-state index contributed by atoms with van der Waals surface area (Å²) in [5.74, 6) is -0.0646. The maximum atomic E-state index is 14.0. The third kappa shape index (κ3) is 3.17. The summed E-state index contributed by atoms with van der Waals surface area (Å²) in [4.78, 5) is 15.9. The predicted molar refractivity (Wildman–Crippen MR) is 129 cm³/mol. The van der Waals surface area contributed by atoms with Crippen LogP contribution in [0.15, 0.2) is 85.1 Å². The van der Waals surface area contributed by atoms with Gasteiger partial charge in [0.2, 0.25) is 0 Å².